The zero-order valence-electron chi connectivity index (χ0n) is 14.7. The van der Waals surface area contributed by atoms with E-state index in [9.17, 15) is 14.9 Å². The van der Waals surface area contributed by atoms with Gasteiger partial charge in [0.25, 0.3) is 11.6 Å². The average molecular weight is 423 g/mol. The number of non-ortho nitro benzene ring substituents is 1. The number of halogens is 1. The highest BCUT2D eigenvalue weighted by Crippen LogP contribution is 2.38. The number of thiocarbonyl (C=S) groups is 1. The predicted octanol–water partition coefficient (Wildman–Crippen LogP) is 5.51. The van der Waals surface area contributed by atoms with Gasteiger partial charge in [-0.1, -0.05) is 35.6 Å². The zero-order chi connectivity index (χ0) is 19.9. The molecule has 1 aliphatic heterocycles. The molecular weight excluding hydrogens is 408 g/mol. The molecule has 1 aromatic carbocycles. The number of rotatable bonds is 3. The van der Waals surface area contributed by atoms with Crippen LogP contribution < -0.4 is 0 Å². The summed E-state index contributed by atoms with van der Waals surface area (Å²) in [5.41, 5.74) is 0.0303. The highest BCUT2D eigenvalue weighted by Gasteiger charge is 2.39. The number of carbonyl (C=O) groups is 1. The van der Waals surface area contributed by atoms with Gasteiger partial charge in [0.05, 0.1) is 14.9 Å². The fourth-order valence-corrected chi connectivity index (χ4v) is 4.45. The second-order valence-corrected chi connectivity index (χ2v) is 8.89. The lowest BCUT2D eigenvalue weighted by Crippen LogP contribution is -2.44. The van der Waals surface area contributed by atoms with Crippen LogP contribution in [0.5, 0.6) is 0 Å². The molecule has 0 atom stereocenters. The summed E-state index contributed by atoms with van der Waals surface area (Å²) in [6.45, 7) is 5.76. The molecule has 1 saturated heterocycles. The fourth-order valence-electron chi connectivity index (χ4n) is 2.57. The van der Waals surface area contributed by atoms with Gasteiger partial charge in [-0.15, -0.1) is 0 Å². The summed E-state index contributed by atoms with van der Waals surface area (Å²) in [5.74, 6) is 0.755. The Balaban J connectivity index is 1.89. The summed E-state index contributed by atoms with van der Waals surface area (Å²) in [5, 5.41) is 11.0. The summed E-state index contributed by atoms with van der Waals surface area (Å²) < 4.78 is 6.26. The number of hydrogen-bond acceptors (Lipinski definition) is 6. The Hall–Kier alpha value is -2.16. The lowest BCUT2D eigenvalue weighted by Gasteiger charge is -2.30. The highest BCUT2D eigenvalue weighted by molar-refractivity contribution is 8.26. The van der Waals surface area contributed by atoms with Crippen molar-refractivity contribution in [3.8, 4) is 11.3 Å². The first-order valence-electron chi connectivity index (χ1n) is 7.90. The summed E-state index contributed by atoms with van der Waals surface area (Å²) >= 11 is 12.7. The molecule has 0 saturated carbocycles. The number of nitro benzene ring substituents is 1. The standard InChI is InChI=1S/C18H15ClN2O4S2/c1-18(2,3)20-16(22)15(27-17(20)26)9-11-5-7-14(25-11)12-6-4-10(21(23)24)8-13(12)19/h4-9H,1-3H3. The smallest absolute Gasteiger partial charge is 0.270 e. The van der Waals surface area contributed by atoms with Crippen LogP contribution in [-0.4, -0.2) is 25.6 Å². The Morgan fingerprint density at radius 2 is 2.00 bits per heavy atom. The van der Waals surface area contributed by atoms with Crippen molar-refractivity contribution in [3.63, 3.8) is 0 Å². The van der Waals surface area contributed by atoms with E-state index < -0.39 is 10.5 Å². The SMILES string of the molecule is CC(C)(C)N1C(=O)C(=Cc2ccc(-c3ccc([N+](=O)[O-])cc3Cl)o2)SC1=S. The molecule has 140 valence electrons. The zero-order valence-corrected chi connectivity index (χ0v) is 17.1. The number of furan rings is 1. The Morgan fingerprint density at radius 1 is 1.30 bits per heavy atom. The fraction of sp³-hybridized carbons (Fsp3) is 0.222. The third-order valence-electron chi connectivity index (χ3n) is 3.79. The van der Waals surface area contributed by atoms with Crippen LogP contribution in [0, 0.1) is 10.1 Å². The minimum atomic E-state index is -0.513. The third kappa shape index (κ3) is 3.92. The van der Waals surface area contributed by atoms with Gasteiger partial charge < -0.3 is 4.42 Å². The van der Waals surface area contributed by atoms with Crippen molar-refractivity contribution in [3.05, 3.63) is 56.1 Å². The van der Waals surface area contributed by atoms with Crippen molar-refractivity contribution in [2.24, 2.45) is 0 Å². The average Bonchev–Trinajstić information content (AvgIpc) is 3.11. The Kier molecular flexibility index (Phi) is 5.16. The highest BCUT2D eigenvalue weighted by atomic mass is 35.5. The molecule has 1 amide bonds. The van der Waals surface area contributed by atoms with Crippen molar-refractivity contribution >= 4 is 57.6 Å². The lowest BCUT2D eigenvalue weighted by molar-refractivity contribution is -0.384. The van der Waals surface area contributed by atoms with Gasteiger partial charge in [0.15, 0.2) is 0 Å². The third-order valence-corrected chi connectivity index (χ3v) is 5.41. The minimum absolute atomic E-state index is 0.0959. The number of benzene rings is 1. The van der Waals surface area contributed by atoms with Crippen LogP contribution in [0.4, 0.5) is 5.69 Å². The summed E-state index contributed by atoms with van der Waals surface area (Å²) in [7, 11) is 0. The van der Waals surface area contributed by atoms with E-state index in [1.807, 2.05) is 20.8 Å². The maximum Gasteiger partial charge on any atom is 0.270 e. The van der Waals surface area contributed by atoms with Gasteiger partial charge >= 0.3 is 0 Å². The van der Waals surface area contributed by atoms with Crippen molar-refractivity contribution < 1.29 is 14.1 Å². The van der Waals surface area contributed by atoms with Gasteiger partial charge in [-0.2, -0.15) is 0 Å². The number of nitro groups is 1. The number of hydrogen-bond donors (Lipinski definition) is 0. The van der Waals surface area contributed by atoms with E-state index in [0.29, 0.717) is 26.3 Å². The molecule has 1 aromatic heterocycles. The monoisotopic (exact) mass is 422 g/mol. The molecular formula is C18H15ClN2O4S2. The largest absolute Gasteiger partial charge is 0.457 e. The normalized spacial score (nSPS) is 16.4. The van der Waals surface area contributed by atoms with Crippen LogP contribution in [0.1, 0.15) is 26.5 Å². The molecule has 1 fully saturated rings. The number of carbonyl (C=O) groups excluding carboxylic acids is 1. The quantitative estimate of drug-likeness (QED) is 0.281. The first-order valence-corrected chi connectivity index (χ1v) is 9.50. The molecule has 0 spiro atoms. The topological polar surface area (TPSA) is 76.6 Å². The Labute approximate surface area is 170 Å². The van der Waals surface area contributed by atoms with E-state index in [4.69, 9.17) is 28.2 Å². The predicted molar refractivity (Wildman–Crippen MR) is 111 cm³/mol. The maximum atomic E-state index is 12.6. The van der Waals surface area contributed by atoms with E-state index in [0.717, 1.165) is 0 Å². The molecule has 27 heavy (non-hydrogen) atoms. The minimum Gasteiger partial charge on any atom is -0.457 e. The van der Waals surface area contributed by atoms with Crippen LogP contribution in [0.2, 0.25) is 5.02 Å². The first kappa shape index (κ1) is 19.6. The molecule has 2 heterocycles. The molecule has 3 rings (SSSR count). The summed E-state index contributed by atoms with van der Waals surface area (Å²) in [4.78, 5) is 25.0. The van der Waals surface area contributed by atoms with E-state index >= 15 is 0 Å². The number of thioether (sulfide) groups is 1. The van der Waals surface area contributed by atoms with Crippen LogP contribution in [-0.2, 0) is 4.79 Å². The van der Waals surface area contributed by atoms with Crippen molar-refractivity contribution in [1.29, 1.82) is 0 Å². The summed E-state index contributed by atoms with van der Waals surface area (Å²) in [6.07, 6.45) is 1.63. The van der Waals surface area contributed by atoms with E-state index in [-0.39, 0.29) is 16.6 Å². The van der Waals surface area contributed by atoms with Crippen molar-refractivity contribution in [2.75, 3.05) is 0 Å². The van der Waals surface area contributed by atoms with E-state index in [1.54, 1.807) is 23.1 Å². The molecule has 1 aliphatic rings. The van der Waals surface area contributed by atoms with E-state index in [2.05, 4.69) is 0 Å². The molecule has 0 N–H and O–H groups in total. The molecule has 2 aromatic rings. The van der Waals surface area contributed by atoms with Gasteiger partial charge in [-0.05, 0) is 39.0 Å². The number of amides is 1. The van der Waals surface area contributed by atoms with Crippen LogP contribution in [0.3, 0.4) is 0 Å². The van der Waals surface area contributed by atoms with Gasteiger partial charge in [0, 0.05) is 29.3 Å². The molecule has 6 nitrogen and oxygen atoms in total. The second kappa shape index (κ2) is 7.10. The Bertz CT molecular complexity index is 991. The molecule has 0 aliphatic carbocycles. The second-order valence-electron chi connectivity index (χ2n) is 6.81. The van der Waals surface area contributed by atoms with Crippen LogP contribution in [0.25, 0.3) is 17.4 Å². The number of nitrogens with zero attached hydrogens (tertiary/aromatic N) is 2. The Morgan fingerprint density at radius 3 is 2.56 bits per heavy atom. The molecule has 9 heteroatoms. The van der Waals surface area contributed by atoms with Gasteiger partial charge in [-0.3, -0.25) is 19.8 Å². The van der Waals surface area contributed by atoms with Gasteiger partial charge in [0.1, 0.15) is 15.8 Å². The molecule has 0 unspecified atom stereocenters. The van der Waals surface area contributed by atoms with Crippen molar-refractivity contribution in [1.82, 2.24) is 4.90 Å². The van der Waals surface area contributed by atoms with Crippen LogP contribution >= 0.6 is 35.6 Å². The van der Waals surface area contributed by atoms with Gasteiger partial charge in [0.2, 0.25) is 0 Å². The lowest BCUT2D eigenvalue weighted by atomic mass is 10.1. The summed E-state index contributed by atoms with van der Waals surface area (Å²) in [6, 6.07) is 7.56. The molecule has 0 radical (unpaired) electrons. The maximum absolute atomic E-state index is 12.6. The molecule has 0 bridgehead atoms. The first-order chi connectivity index (χ1) is 12.6. The van der Waals surface area contributed by atoms with Crippen LogP contribution in [0.15, 0.2) is 39.7 Å². The van der Waals surface area contributed by atoms with Gasteiger partial charge in [-0.25, -0.2) is 0 Å². The van der Waals surface area contributed by atoms with E-state index in [1.165, 1.54) is 30.0 Å². The van der Waals surface area contributed by atoms with Crippen molar-refractivity contribution in [2.45, 2.75) is 26.3 Å².